The van der Waals surface area contributed by atoms with Crippen molar-refractivity contribution >= 4 is 80.1 Å². The Hall–Kier alpha value is -6.00. The Morgan fingerprint density at radius 2 is 0.882 bits per heavy atom. The molecule has 51 heavy (non-hydrogen) atoms. The van der Waals surface area contributed by atoms with Crippen molar-refractivity contribution in [1.29, 1.82) is 0 Å². The van der Waals surface area contributed by atoms with E-state index < -0.39 is 0 Å². The van der Waals surface area contributed by atoms with E-state index in [9.17, 15) is 0 Å². The van der Waals surface area contributed by atoms with Gasteiger partial charge < -0.3 is 4.90 Å². The van der Waals surface area contributed by atoms with Crippen LogP contribution >= 0.6 is 22.7 Å². The van der Waals surface area contributed by atoms with Crippen LogP contribution in [0.2, 0.25) is 0 Å². The minimum atomic E-state index is 1.12. The number of thiophene rings is 2. The highest BCUT2D eigenvalue weighted by atomic mass is 32.1. The van der Waals surface area contributed by atoms with Crippen molar-refractivity contribution < 1.29 is 0 Å². The summed E-state index contributed by atoms with van der Waals surface area (Å²) in [5.41, 5.74) is 10.7. The number of anilines is 3. The van der Waals surface area contributed by atoms with E-state index in [1.54, 1.807) is 0 Å². The van der Waals surface area contributed by atoms with Crippen LogP contribution in [0.5, 0.6) is 0 Å². The smallest absolute Gasteiger partial charge is 0.0640 e. The number of benzene rings is 8. The molecule has 1 nitrogen and oxygen atoms in total. The molecule has 0 atom stereocenters. The summed E-state index contributed by atoms with van der Waals surface area (Å²) in [6.45, 7) is 0. The van der Waals surface area contributed by atoms with Gasteiger partial charge in [0.1, 0.15) is 0 Å². The van der Waals surface area contributed by atoms with Crippen LogP contribution in [0.15, 0.2) is 188 Å². The number of hydrogen-bond acceptors (Lipinski definition) is 3. The number of fused-ring (bicyclic) bond motifs is 6. The lowest BCUT2D eigenvalue weighted by Gasteiger charge is -2.27. The first-order valence-electron chi connectivity index (χ1n) is 17.3. The summed E-state index contributed by atoms with van der Waals surface area (Å²) in [6, 6.07) is 68.7. The minimum absolute atomic E-state index is 1.12. The SMILES string of the molecule is c1ccc(-c2ccc(N(c3ccc(-c4ccc5sc6ccccc6c5c4)c(-c4ccccc4)c3)c3cccc4c3sc3ccccc34)cc2)cc1. The third-order valence-electron chi connectivity index (χ3n) is 9.89. The van der Waals surface area contributed by atoms with Crippen LogP contribution < -0.4 is 4.90 Å². The molecule has 0 aliphatic heterocycles. The number of rotatable bonds is 6. The summed E-state index contributed by atoms with van der Waals surface area (Å²) >= 11 is 3.73. The highest BCUT2D eigenvalue weighted by molar-refractivity contribution is 7.26. The Balaban J connectivity index is 1.19. The Kier molecular flexibility index (Phi) is 7.26. The van der Waals surface area contributed by atoms with E-state index in [-0.39, 0.29) is 0 Å². The van der Waals surface area contributed by atoms with Crippen LogP contribution in [0.4, 0.5) is 17.1 Å². The fourth-order valence-electron chi connectivity index (χ4n) is 7.44. The molecule has 2 aromatic heterocycles. The van der Waals surface area contributed by atoms with Gasteiger partial charge in [0, 0.05) is 47.0 Å². The van der Waals surface area contributed by atoms with Crippen molar-refractivity contribution in [2.24, 2.45) is 0 Å². The van der Waals surface area contributed by atoms with E-state index in [4.69, 9.17) is 0 Å². The van der Waals surface area contributed by atoms with Crippen LogP contribution in [0.3, 0.4) is 0 Å². The molecule has 0 fully saturated rings. The van der Waals surface area contributed by atoms with Crippen LogP contribution in [-0.2, 0) is 0 Å². The zero-order valence-corrected chi connectivity index (χ0v) is 29.3. The zero-order chi connectivity index (χ0) is 33.7. The summed E-state index contributed by atoms with van der Waals surface area (Å²) in [4.78, 5) is 2.44. The largest absolute Gasteiger partial charge is 0.309 e. The first-order chi connectivity index (χ1) is 25.3. The minimum Gasteiger partial charge on any atom is -0.309 e. The quantitative estimate of drug-likeness (QED) is 0.168. The van der Waals surface area contributed by atoms with Gasteiger partial charge in [0.25, 0.3) is 0 Å². The number of hydrogen-bond donors (Lipinski definition) is 0. The second-order valence-electron chi connectivity index (χ2n) is 12.9. The predicted octanol–water partition coefficient (Wildman–Crippen LogP) is 14.9. The molecule has 10 aromatic rings. The molecule has 0 amide bonds. The summed E-state index contributed by atoms with van der Waals surface area (Å²) in [6.07, 6.45) is 0. The third kappa shape index (κ3) is 5.21. The van der Waals surface area contributed by atoms with E-state index in [0.29, 0.717) is 0 Å². The van der Waals surface area contributed by atoms with Crippen molar-refractivity contribution in [2.45, 2.75) is 0 Å². The highest BCUT2D eigenvalue weighted by Crippen LogP contribution is 2.47. The average molecular weight is 686 g/mol. The molecule has 2 heterocycles. The van der Waals surface area contributed by atoms with E-state index in [0.717, 1.165) is 11.4 Å². The maximum absolute atomic E-state index is 2.44. The lowest BCUT2D eigenvalue weighted by atomic mass is 9.92. The van der Waals surface area contributed by atoms with Crippen molar-refractivity contribution in [3.05, 3.63) is 188 Å². The molecule has 0 aliphatic rings. The van der Waals surface area contributed by atoms with Crippen LogP contribution in [0, 0.1) is 0 Å². The second kappa shape index (κ2) is 12.4. The molecule has 3 heteroatoms. The molecule has 0 aliphatic carbocycles. The monoisotopic (exact) mass is 685 g/mol. The van der Waals surface area contributed by atoms with E-state index >= 15 is 0 Å². The maximum Gasteiger partial charge on any atom is 0.0640 e. The van der Waals surface area contributed by atoms with Gasteiger partial charge in [0.15, 0.2) is 0 Å². The number of nitrogens with zero attached hydrogens (tertiary/aromatic N) is 1. The maximum atomic E-state index is 2.44. The normalized spacial score (nSPS) is 11.5. The summed E-state index contributed by atoms with van der Waals surface area (Å²) in [5.74, 6) is 0. The van der Waals surface area contributed by atoms with Gasteiger partial charge in [-0.15, -0.1) is 22.7 Å². The summed E-state index contributed by atoms with van der Waals surface area (Å²) < 4.78 is 5.23. The van der Waals surface area contributed by atoms with Gasteiger partial charge in [-0.3, -0.25) is 0 Å². The summed E-state index contributed by atoms with van der Waals surface area (Å²) in [5, 5.41) is 5.22. The van der Waals surface area contributed by atoms with E-state index in [2.05, 4.69) is 193 Å². The highest BCUT2D eigenvalue weighted by Gasteiger charge is 2.20. The molecule has 0 spiro atoms. The molecule has 0 unspecified atom stereocenters. The van der Waals surface area contributed by atoms with E-state index in [1.165, 1.54) is 79.4 Å². The molecule has 0 saturated carbocycles. The van der Waals surface area contributed by atoms with Gasteiger partial charge in [-0.2, -0.15) is 0 Å². The molecule has 240 valence electrons. The molecule has 0 bridgehead atoms. The zero-order valence-electron chi connectivity index (χ0n) is 27.7. The Bertz CT molecular complexity index is 2850. The molecule has 8 aromatic carbocycles. The summed E-state index contributed by atoms with van der Waals surface area (Å²) in [7, 11) is 0. The van der Waals surface area contributed by atoms with Crippen molar-refractivity contribution in [3.63, 3.8) is 0 Å². The predicted molar refractivity (Wildman–Crippen MR) is 223 cm³/mol. The Morgan fingerprint density at radius 1 is 0.314 bits per heavy atom. The fraction of sp³-hybridized carbons (Fsp3) is 0. The molecule has 0 N–H and O–H groups in total. The molecule has 0 radical (unpaired) electrons. The Morgan fingerprint density at radius 3 is 1.65 bits per heavy atom. The lowest BCUT2D eigenvalue weighted by molar-refractivity contribution is 1.30. The van der Waals surface area contributed by atoms with E-state index in [1.807, 2.05) is 22.7 Å². The van der Waals surface area contributed by atoms with Crippen molar-refractivity contribution in [2.75, 3.05) is 4.90 Å². The first kappa shape index (κ1) is 29.9. The molecular formula is C48H31NS2. The van der Waals surface area contributed by atoms with Crippen LogP contribution in [0.25, 0.3) is 73.7 Å². The first-order valence-corrected chi connectivity index (χ1v) is 18.9. The van der Waals surface area contributed by atoms with Crippen LogP contribution in [-0.4, -0.2) is 0 Å². The molecular weight excluding hydrogens is 655 g/mol. The van der Waals surface area contributed by atoms with Gasteiger partial charge in [0.2, 0.25) is 0 Å². The van der Waals surface area contributed by atoms with Gasteiger partial charge in [-0.05, 0) is 88.0 Å². The van der Waals surface area contributed by atoms with Gasteiger partial charge in [-0.25, -0.2) is 0 Å². The second-order valence-corrected chi connectivity index (χ2v) is 15.0. The van der Waals surface area contributed by atoms with Crippen molar-refractivity contribution in [1.82, 2.24) is 0 Å². The van der Waals surface area contributed by atoms with Gasteiger partial charge >= 0.3 is 0 Å². The standard InChI is InChI=1S/C48H31NS2/c1-3-12-32(13-4-1)33-22-25-36(26-23-33)49(44-19-11-18-41-39-16-7-10-21-46(39)51-48(41)44)37-27-28-38(42(31-37)34-14-5-2-6-15-34)35-24-29-47-43(30-35)40-17-8-9-20-45(40)50-47/h1-31H. The third-order valence-corrected chi connectivity index (χ3v) is 12.3. The molecule has 10 rings (SSSR count). The van der Waals surface area contributed by atoms with Crippen molar-refractivity contribution in [3.8, 4) is 33.4 Å². The van der Waals surface area contributed by atoms with Crippen LogP contribution in [0.1, 0.15) is 0 Å². The lowest BCUT2D eigenvalue weighted by Crippen LogP contribution is -2.10. The van der Waals surface area contributed by atoms with Gasteiger partial charge in [0.05, 0.1) is 10.4 Å². The average Bonchev–Trinajstić information content (AvgIpc) is 3.78. The molecule has 0 saturated heterocycles. The fourth-order valence-corrected chi connectivity index (χ4v) is 9.74. The van der Waals surface area contributed by atoms with Gasteiger partial charge in [-0.1, -0.05) is 133 Å². The topological polar surface area (TPSA) is 3.24 Å². The Labute approximate surface area is 304 Å².